The molecule has 0 radical (unpaired) electrons. The highest BCUT2D eigenvalue weighted by molar-refractivity contribution is 5.62. The van der Waals surface area contributed by atoms with Gasteiger partial charge in [-0.05, 0) is 42.5 Å². The lowest BCUT2D eigenvalue weighted by atomic mass is 10.0. The average molecular weight is 370 g/mol. The lowest BCUT2D eigenvalue weighted by molar-refractivity contribution is 0.408. The van der Waals surface area contributed by atoms with Gasteiger partial charge in [0.05, 0.1) is 19.1 Å². The molecule has 2 aromatic carbocycles. The molecule has 0 atom stereocenters. The summed E-state index contributed by atoms with van der Waals surface area (Å²) in [7, 11) is 1.66. The monoisotopic (exact) mass is 370 g/mol. The van der Waals surface area contributed by atoms with Crippen molar-refractivity contribution >= 4 is 0 Å². The van der Waals surface area contributed by atoms with Gasteiger partial charge in [-0.1, -0.05) is 32.0 Å². The molecule has 0 aliphatic carbocycles. The number of para-hydroxylation sites is 1. The van der Waals surface area contributed by atoms with Crippen molar-refractivity contribution in [1.82, 2.24) is 9.55 Å². The SMILES string of the molecule is COc1ccccc1CCn1cnc(-c2ccc(F)cc2F)c1CC(C)C. The van der Waals surface area contributed by atoms with Crippen molar-refractivity contribution in [1.29, 1.82) is 0 Å². The molecular formula is C22H24F2N2O. The van der Waals surface area contributed by atoms with Crippen molar-refractivity contribution in [3.63, 3.8) is 0 Å². The van der Waals surface area contributed by atoms with Crippen LogP contribution in [0.15, 0.2) is 48.8 Å². The van der Waals surface area contributed by atoms with Crippen LogP contribution in [0.2, 0.25) is 0 Å². The van der Waals surface area contributed by atoms with Crippen molar-refractivity contribution in [2.45, 2.75) is 33.2 Å². The molecule has 1 aromatic heterocycles. The lowest BCUT2D eigenvalue weighted by Gasteiger charge is -2.14. The Balaban J connectivity index is 1.92. The van der Waals surface area contributed by atoms with Gasteiger partial charge in [-0.25, -0.2) is 13.8 Å². The number of rotatable bonds is 7. The minimum absolute atomic E-state index is 0.336. The molecule has 142 valence electrons. The molecule has 3 rings (SSSR count). The highest BCUT2D eigenvalue weighted by Gasteiger charge is 2.18. The van der Waals surface area contributed by atoms with Crippen LogP contribution in [0, 0.1) is 17.6 Å². The molecule has 1 heterocycles. The third-order valence-electron chi connectivity index (χ3n) is 4.55. The summed E-state index contributed by atoms with van der Waals surface area (Å²) in [4.78, 5) is 4.45. The molecule has 0 saturated heterocycles. The van der Waals surface area contributed by atoms with E-state index >= 15 is 0 Å². The quantitative estimate of drug-likeness (QED) is 0.566. The van der Waals surface area contributed by atoms with Crippen LogP contribution in [0.3, 0.4) is 0 Å². The van der Waals surface area contributed by atoms with Crippen LogP contribution in [-0.4, -0.2) is 16.7 Å². The van der Waals surface area contributed by atoms with Crippen LogP contribution < -0.4 is 4.74 Å². The number of benzene rings is 2. The smallest absolute Gasteiger partial charge is 0.135 e. The van der Waals surface area contributed by atoms with E-state index < -0.39 is 11.6 Å². The summed E-state index contributed by atoms with van der Waals surface area (Å²) >= 11 is 0. The molecule has 0 N–H and O–H groups in total. The first-order valence-electron chi connectivity index (χ1n) is 9.11. The van der Waals surface area contributed by atoms with Crippen LogP contribution in [0.1, 0.15) is 25.1 Å². The maximum absolute atomic E-state index is 14.3. The summed E-state index contributed by atoms with van der Waals surface area (Å²) in [5.74, 6) is 0.0639. The summed E-state index contributed by atoms with van der Waals surface area (Å²) in [6, 6.07) is 11.5. The van der Waals surface area contributed by atoms with Gasteiger partial charge in [-0.3, -0.25) is 0 Å². The van der Waals surface area contributed by atoms with E-state index in [-0.39, 0.29) is 0 Å². The Morgan fingerprint density at radius 3 is 2.59 bits per heavy atom. The number of aryl methyl sites for hydroxylation is 2. The van der Waals surface area contributed by atoms with Crippen molar-refractivity contribution in [2.75, 3.05) is 7.11 Å². The van der Waals surface area contributed by atoms with Gasteiger partial charge in [0.25, 0.3) is 0 Å². The number of hydrogen-bond acceptors (Lipinski definition) is 2. The zero-order chi connectivity index (χ0) is 19.4. The van der Waals surface area contributed by atoms with E-state index in [0.717, 1.165) is 35.9 Å². The van der Waals surface area contributed by atoms with E-state index in [1.54, 1.807) is 13.4 Å². The molecular weight excluding hydrogens is 346 g/mol. The first-order valence-corrected chi connectivity index (χ1v) is 9.11. The van der Waals surface area contributed by atoms with Crippen molar-refractivity contribution in [2.24, 2.45) is 5.92 Å². The first-order chi connectivity index (χ1) is 13.0. The Hall–Kier alpha value is -2.69. The number of imidazole rings is 1. The molecule has 0 bridgehead atoms. The zero-order valence-electron chi connectivity index (χ0n) is 15.9. The standard InChI is InChI=1S/C22H24F2N2O/c1-15(2)12-20-22(18-9-8-17(23)13-19(18)24)25-14-26(20)11-10-16-6-4-5-7-21(16)27-3/h4-9,13-15H,10-12H2,1-3H3. The van der Waals surface area contributed by atoms with Crippen LogP contribution in [0.5, 0.6) is 5.75 Å². The second-order valence-corrected chi connectivity index (χ2v) is 7.02. The van der Waals surface area contributed by atoms with Gasteiger partial charge in [-0.15, -0.1) is 0 Å². The first kappa shape index (κ1) is 19.1. The molecule has 0 aliphatic heterocycles. The second-order valence-electron chi connectivity index (χ2n) is 7.02. The molecule has 27 heavy (non-hydrogen) atoms. The predicted molar refractivity (Wildman–Crippen MR) is 103 cm³/mol. The molecule has 0 amide bonds. The van der Waals surface area contributed by atoms with Crippen LogP contribution in [-0.2, 0) is 19.4 Å². The van der Waals surface area contributed by atoms with Crippen molar-refractivity contribution in [3.05, 3.63) is 71.7 Å². The zero-order valence-corrected chi connectivity index (χ0v) is 15.9. The van der Waals surface area contributed by atoms with Crippen LogP contribution >= 0.6 is 0 Å². The number of halogens is 2. The normalized spacial score (nSPS) is 11.2. The fourth-order valence-corrected chi connectivity index (χ4v) is 3.26. The van der Waals surface area contributed by atoms with Gasteiger partial charge in [0.1, 0.15) is 17.4 Å². The van der Waals surface area contributed by atoms with E-state index in [4.69, 9.17) is 4.74 Å². The van der Waals surface area contributed by atoms with Gasteiger partial charge in [-0.2, -0.15) is 0 Å². The van der Waals surface area contributed by atoms with Gasteiger partial charge < -0.3 is 9.30 Å². The maximum atomic E-state index is 14.3. The summed E-state index contributed by atoms with van der Waals surface area (Å²) < 4.78 is 35.1. The Bertz CT molecular complexity index is 918. The minimum Gasteiger partial charge on any atom is -0.496 e. The van der Waals surface area contributed by atoms with Crippen molar-refractivity contribution < 1.29 is 13.5 Å². The molecule has 0 spiro atoms. The molecule has 0 saturated carbocycles. The number of hydrogen-bond donors (Lipinski definition) is 0. The molecule has 5 heteroatoms. The summed E-state index contributed by atoms with van der Waals surface area (Å²) in [5.41, 5.74) is 2.99. The number of aromatic nitrogens is 2. The third kappa shape index (κ3) is 4.35. The van der Waals surface area contributed by atoms with Crippen LogP contribution in [0.4, 0.5) is 8.78 Å². The van der Waals surface area contributed by atoms with E-state index in [1.807, 2.05) is 24.3 Å². The van der Waals surface area contributed by atoms with E-state index in [9.17, 15) is 8.78 Å². The summed E-state index contributed by atoms with van der Waals surface area (Å²) in [6.45, 7) is 4.93. The molecule has 3 aromatic rings. The Morgan fingerprint density at radius 2 is 1.89 bits per heavy atom. The topological polar surface area (TPSA) is 27.1 Å². The third-order valence-corrected chi connectivity index (χ3v) is 4.55. The Morgan fingerprint density at radius 1 is 1.11 bits per heavy atom. The van der Waals surface area contributed by atoms with Gasteiger partial charge in [0.2, 0.25) is 0 Å². The van der Waals surface area contributed by atoms with Crippen LogP contribution in [0.25, 0.3) is 11.3 Å². The Labute approximate surface area is 158 Å². The highest BCUT2D eigenvalue weighted by atomic mass is 19.1. The molecule has 0 unspecified atom stereocenters. The average Bonchev–Trinajstić information content (AvgIpc) is 3.02. The second kappa shape index (κ2) is 8.33. The molecule has 0 aliphatic rings. The van der Waals surface area contributed by atoms with Crippen molar-refractivity contribution in [3.8, 4) is 17.0 Å². The minimum atomic E-state index is -0.588. The molecule has 0 fully saturated rings. The number of ether oxygens (including phenoxy) is 1. The van der Waals surface area contributed by atoms with Gasteiger partial charge >= 0.3 is 0 Å². The maximum Gasteiger partial charge on any atom is 0.135 e. The fourth-order valence-electron chi connectivity index (χ4n) is 3.26. The lowest BCUT2D eigenvalue weighted by Crippen LogP contribution is -2.09. The Kier molecular flexibility index (Phi) is 5.89. The van der Waals surface area contributed by atoms with Gasteiger partial charge in [0.15, 0.2) is 0 Å². The van der Waals surface area contributed by atoms with E-state index in [2.05, 4.69) is 23.4 Å². The number of methoxy groups -OCH3 is 1. The summed E-state index contributed by atoms with van der Waals surface area (Å²) in [5, 5.41) is 0. The predicted octanol–water partition coefficient (Wildman–Crippen LogP) is 5.28. The van der Waals surface area contributed by atoms with E-state index in [1.165, 1.54) is 12.1 Å². The highest BCUT2D eigenvalue weighted by Crippen LogP contribution is 2.28. The summed E-state index contributed by atoms with van der Waals surface area (Å²) in [6.07, 6.45) is 3.28. The number of nitrogens with zero attached hydrogens (tertiary/aromatic N) is 2. The fraction of sp³-hybridized carbons (Fsp3) is 0.318. The van der Waals surface area contributed by atoms with Gasteiger partial charge in [0, 0.05) is 23.9 Å². The van der Waals surface area contributed by atoms with E-state index in [0.29, 0.717) is 23.7 Å². The molecule has 3 nitrogen and oxygen atoms in total. The largest absolute Gasteiger partial charge is 0.496 e.